The molecule has 0 aromatic heterocycles. The third-order valence-corrected chi connectivity index (χ3v) is 0.853. The number of ketones is 1. The van der Waals surface area contributed by atoms with Crippen molar-refractivity contribution in [3.8, 4) is 0 Å². The van der Waals surface area contributed by atoms with Crippen molar-refractivity contribution in [2.24, 2.45) is 0 Å². The molecule has 0 bridgehead atoms. The van der Waals surface area contributed by atoms with Crippen LogP contribution < -0.4 is 0 Å². The third-order valence-electron chi connectivity index (χ3n) is 0.853. The molecule has 0 N–H and O–H groups in total. The molecule has 66 valence electrons. The van der Waals surface area contributed by atoms with E-state index in [-0.39, 0.29) is 17.8 Å². The van der Waals surface area contributed by atoms with E-state index in [0.29, 0.717) is 0 Å². The Morgan fingerprint density at radius 3 is 1.92 bits per heavy atom. The summed E-state index contributed by atoms with van der Waals surface area (Å²) in [5, 5.41) is 0. The maximum Gasteiger partial charge on any atom is 0.341 e. The van der Waals surface area contributed by atoms with Crippen LogP contribution in [0.4, 0.5) is 0 Å². The number of carbonyl (C=O) groups excluding carboxylic acids is 3. The summed E-state index contributed by atoms with van der Waals surface area (Å²) >= 11 is 0. The van der Waals surface area contributed by atoms with Gasteiger partial charge in [0.05, 0.1) is 6.42 Å². The van der Waals surface area contributed by atoms with Crippen LogP contribution in [-0.2, 0) is 19.1 Å². The van der Waals surface area contributed by atoms with Gasteiger partial charge in [-0.2, -0.15) is 0 Å². The minimum Gasteiger partial charge on any atom is -0.389 e. The summed E-state index contributed by atoms with van der Waals surface area (Å²) in [5.41, 5.74) is 0.245. The molecule has 1 aliphatic rings. The van der Waals surface area contributed by atoms with E-state index in [9.17, 15) is 14.4 Å². The average Bonchev–Trinajstić information content (AvgIpc) is 2.08. The van der Waals surface area contributed by atoms with Crippen LogP contribution in [0, 0.1) is 0 Å². The highest BCUT2D eigenvalue weighted by Gasteiger charge is 2.24. The zero-order valence-corrected chi connectivity index (χ0v) is 7.05. The summed E-state index contributed by atoms with van der Waals surface area (Å²) in [6.07, 6.45) is 0.0544. The topological polar surface area (TPSA) is 60.4 Å². The second-order valence-electron chi connectivity index (χ2n) is 2.45. The Morgan fingerprint density at radius 2 is 1.83 bits per heavy atom. The number of hydrogen-bond donors (Lipinski definition) is 0. The Labute approximate surface area is 70.2 Å². The minimum absolute atomic E-state index is 0.0544. The molecule has 0 aliphatic carbocycles. The summed E-state index contributed by atoms with van der Waals surface area (Å²) in [6, 6.07) is 0. The molecule has 4 nitrogen and oxygen atoms in total. The summed E-state index contributed by atoms with van der Waals surface area (Å²) in [6.45, 7) is 6.35. The van der Waals surface area contributed by atoms with Gasteiger partial charge in [-0.05, 0) is 13.8 Å². The lowest BCUT2D eigenvalue weighted by atomic mass is 10.3. The fraction of sp³-hybridized carbons (Fsp3) is 0.375. The molecular weight excluding hydrogens is 160 g/mol. The zero-order chi connectivity index (χ0) is 9.72. The molecule has 1 saturated heterocycles. The lowest BCUT2D eigenvalue weighted by molar-refractivity contribution is -0.151. The smallest absolute Gasteiger partial charge is 0.341 e. The first-order valence-electron chi connectivity index (χ1n) is 3.33. The predicted octanol–water partition coefficient (Wildman–Crippen LogP) is 0.611. The molecule has 0 unspecified atom stereocenters. The monoisotopic (exact) mass is 170 g/mol. The summed E-state index contributed by atoms with van der Waals surface area (Å²) in [4.78, 5) is 29.8. The van der Waals surface area contributed by atoms with E-state index in [1.165, 1.54) is 13.8 Å². The Hall–Kier alpha value is -1.45. The van der Waals surface area contributed by atoms with Crippen LogP contribution in [0.25, 0.3) is 0 Å². The fourth-order valence-corrected chi connectivity index (χ4v) is 0.458. The van der Waals surface area contributed by atoms with Crippen molar-refractivity contribution in [2.45, 2.75) is 20.3 Å². The van der Waals surface area contributed by atoms with Crippen molar-refractivity contribution >= 4 is 17.7 Å². The maximum absolute atomic E-state index is 10.2. The number of hydrogen-bond acceptors (Lipinski definition) is 4. The van der Waals surface area contributed by atoms with Gasteiger partial charge in [-0.25, -0.2) is 4.79 Å². The normalized spacial score (nSPS) is 15.0. The van der Waals surface area contributed by atoms with Crippen molar-refractivity contribution in [3.63, 3.8) is 0 Å². The van der Waals surface area contributed by atoms with Gasteiger partial charge >= 0.3 is 11.9 Å². The van der Waals surface area contributed by atoms with E-state index in [1.54, 1.807) is 0 Å². The first kappa shape index (κ1) is 10.6. The molecule has 12 heavy (non-hydrogen) atoms. The number of esters is 2. The standard InChI is InChI=1S/C5H4O3.C3H6O/c1-3-2-4(6)8-5(3)7;1-3(2)4/h1-2H2;1-2H3. The zero-order valence-electron chi connectivity index (χ0n) is 7.05. The first-order valence-corrected chi connectivity index (χ1v) is 3.33. The number of cyclic esters (lactones) is 2. The molecule has 0 amide bonds. The number of carbonyl (C=O) groups is 3. The molecule has 1 heterocycles. The second-order valence-corrected chi connectivity index (χ2v) is 2.45. The summed E-state index contributed by atoms with van der Waals surface area (Å²) in [7, 11) is 0. The molecule has 1 rings (SSSR count). The molecular formula is C8H10O4. The molecule has 4 heteroatoms. The van der Waals surface area contributed by atoms with Crippen molar-refractivity contribution in [1.29, 1.82) is 0 Å². The van der Waals surface area contributed by atoms with Crippen molar-refractivity contribution in [2.75, 3.05) is 0 Å². The highest BCUT2D eigenvalue weighted by molar-refractivity contribution is 6.05. The minimum atomic E-state index is -0.588. The number of Topliss-reactive ketones (excluding diaryl/α,β-unsaturated/α-hetero) is 1. The summed E-state index contributed by atoms with van der Waals surface area (Å²) in [5.74, 6) is -0.921. The highest BCUT2D eigenvalue weighted by atomic mass is 16.6. The Kier molecular flexibility index (Phi) is 3.90. The Bertz CT molecular complexity index is 217. The van der Waals surface area contributed by atoms with Gasteiger partial charge < -0.3 is 9.53 Å². The van der Waals surface area contributed by atoms with Crippen LogP contribution in [0.3, 0.4) is 0 Å². The van der Waals surface area contributed by atoms with E-state index in [2.05, 4.69) is 11.3 Å². The number of ether oxygens (including phenoxy) is 1. The van der Waals surface area contributed by atoms with Gasteiger partial charge in [-0.3, -0.25) is 4.79 Å². The average molecular weight is 170 g/mol. The third kappa shape index (κ3) is 4.38. The van der Waals surface area contributed by atoms with Gasteiger partial charge in [0.2, 0.25) is 0 Å². The molecule has 0 spiro atoms. The van der Waals surface area contributed by atoms with Gasteiger partial charge in [0.1, 0.15) is 5.78 Å². The van der Waals surface area contributed by atoms with Gasteiger partial charge in [-0.15, -0.1) is 0 Å². The molecule has 1 fully saturated rings. The molecule has 0 saturated carbocycles. The van der Waals surface area contributed by atoms with Crippen molar-refractivity contribution < 1.29 is 19.1 Å². The van der Waals surface area contributed by atoms with Gasteiger partial charge in [0, 0.05) is 5.57 Å². The second kappa shape index (κ2) is 4.43. The van der Waals surface area contributed by atoms with Crippen LogP contribution in [0.15, 0.2) is 12.2 Å². The Morgan fingerprint density at radius 1 is 1.42 bits per heavy atom. The van der Waals surface area contributed by atoms with Crippen LogP contribution in [0.2, 0.25) is 0 Å². The van der Waals surface area contributed by atoms with Crippen LogP contribution in [0.5, 0.6) is 0 Å². The van der Waals surface area contributed by atoms with Crippen molar-refractivity contribution in [1.82, 2.24) is 0 Å². The lowest BCUT2D eigenvalue weighted by Gasteiger charge is -1.80. The van der Waals surface area contributed by atoms with E-state index in [0.717, 1.165) is 0 Å². The molecule has 0 radical (unpaired) electrons. The van der Waals surface area contributed by atoms with Gasteiger partial charge in [0.15, 0.2) is 0 Å². The van der Waals surface area contributed by atoms with Gasteiger partial charge in [-0.1, -0.05) is 6.58 Å². The lowest BCUT2D eigenvalue weighted by Crippen LogP contribution is -1.95. The van der Waals surface area contributed by atoms with E-state index in [1.807, 2.05) is 0 Å². The fourth-order valence-electron chi connectivity index (χ4n) is 0.458. The van der Waals surface area contributed by atoms with E-state index in [4.69, 9.17) is 0 Å². The molecule has 0 atom stereocenters. The Balaban J connectivity index is 0.000000261. The van der Waals surface area contributed by atoms with Crippen LogP contribution in [0.1, 0.15) is 20.3 Å². The quantitative estimate of drug-likeness (QED) is 0.303. The first-order chi connectivity index (χ1) is 5.43. The highest BCUT2D eigenvalue weighted by Crippen LogP contribution is 2.10. The van der Waals surface area contributed by atoms with Crippen LogP contribution >= 0.6 is 0 Å². The number of rotatable bonds is 0. The van der Waals surface area contributed by atoms with Crippen LogP contribution in [-0.4, -0.2) is 17.7 Å². The molecule has 1 aliphatic heterocycles. The van der Waals surface area contributed by atoms with E-state index < -0.39 is 11.9 Å². The largest absolute Gasteiger partial charge is 0.389 e. The SMILES string of the molecule is C=C1CC(=O)OC1=O.CC(C)=O. The maximum atomic E-state index is 10.2. The van der Waals surface area contributed by atoms with Gasteiger partial charge in [0.25, 0.3) is 0 Å². The predicted molar refractivity (Wildman–Crippen MR) is 41.2 cm³/mol. The summed E-state index contributed by atoms with van der Waals surface area (Å²) < 4.78 is 4.10. The van der Waals surface area contributed by atoms with Crippen molar-refractivity contribution in [3.05, 3.63) is 12.2 Å². The molecule has 0 aromatic rings. The molecule has 0 aromatic carbocycles. The van der Waals surface area contributed by atoms with E-state index >= 15 is 0 Å².